The first-order valence-electron chi connectivity index (χ1n) is 5.66. The maximum atomic E-state index is 4.28. The zero-order valence-electron chi connectivity index (χ0n) is 9.40. The van der Waals surface area contributed by atoms with Crippen LogP contribution in [0.4, 0.5) is 5.69 Å². The molecular formula is C13H15N3. The van der Waals surface area contributed by atoms with E-state index in [1.165, 1.54) is 16.8 Å². The fourth-order valence-corrected chi connectivity index (χ4v) is 2.28. The lowest BCUT2D eigenvalue weighted by atomic mass is 10.1. The summed E-state index contributed by atoms with van der Waals surface area (Å²) in [6.07, 6.45) is 4.83. The van der Waals surface area contributed by atoms with Gasteiger partial charge in [0, 0.05) is 24.6 Å². The van der Waals surface area contributed by atoms with Gasteiger partial charge in [-0.05, 0) is 30.5 Å². The third-order valence-corrected chi connectivity index (χ3v) is 3.13. The van der Waals surface area contributed by atoms with Gasteiger partial charge < -0.3 is 9.88 Å². The number of rotatable bonds is 2. The molecule has 0 saturated heterocycles. The molecule has 1 aliphatic rings. The molecule has 0 bridgehead atoms. The quantitative estimate of drug-likeness (QED) is 0.830. The Morgan fingerprint density at radius 2 is 2.38 bits per heavy atom. The molecule has 0 spiro atoms. The van der Waals surface area contributed by atoms with Crippen molar-refractivity contribution in [2.45, 2.75) is 19.9 Å². The van der Waals surface area contributed by atoms with Crippen molar-refractivity contribution in [3.05, 3.63) is 47.5 Å². The number of aryl methyl sites for hydroxylation is 1. The van der Waals surface area contributed by atoms with Gasteiger partial charge in [-0.3, -0.25) is 0 Å². The molecule has 0 fully saturated rings. The Labute approximate surface area is 95.1 Å². The molecular weight excluding hydrogens is 198 g/mol. The molecule has 0 saturated carbocycles. The van der Waals surface area contributed by atoms with Crippen LogP contribution in [-0.2, 0) is 13.0 Å². The van der Waals surface area contributed by atoms with Crippen LogP contribution in [0.15, 0.2) is 30.6 Å². The summed E-state index contributed by atoms with van der Waals surface area (Å²) in [4.78, 5) is 9.82. The van der Waals surface area contributed by atoms with Crippen LogP contribution < -0.4 is 4.90 Å². The van der Waals surface area contributed by atoms with E-state index in [1.54, 1.807) is 0 Å². The van der Waals surface area contributed by atoms with Crippen molar-refractivity contribution in [3.8, 4) is 0 Å². The molecule has 82 valence electrons. The number of aromatic amines is 1. The third-order valence-electron chi connectivity index (χ3n) is 3.13. The van der Waals surface area contributed by atoms with Crippen LogP contribution in [0.25, 0.3) is 0 Å². The fraction of sp³-hybridized carbons (Fsp3) is 0.308. The summed E-state index contributed by atoms with van der Waals surface area (Å²) < 4.78 is 0. The Morgan fingerprint density at radius 3 is 3.19 bits per heavy atom. The van der Waals surface area contributed by atoms with E-state index in [1.807, 2.05) is 12.4 Å². The van der Waals surface area contributed by atoms with Gasteiger partial charge >= 0.3 is 0 Å². The van der Waals surface area contributed by atoms with Crippen molar-refractivity contribution in [1.29, 1.82) is 0 Å². The second-order valence-electron chi connectivity index (χ2n) is 4.34. The second-order valence-corrected chi connectivity index (χ2v) is 4.34. The molecule has 1 N–H and O–H groups in total. The Morgan fingerprint density at radius 1 is 1.44 bits per heavy atom. The van der Waals surface area contributed by atoms with Crippen LogP contribution >= 0.6 is 0 Å². The van der Waals surface area contributed by atoms with E-state index in [0.29, 0.717) is 0 Å². The maximum Gasteiger partial charge on any atom is 0.125 e. The maximum absolute atomic E-state index is 4.28. The number of hydrogen-bond donors (Lipinski definition) is 1. The highest BCUT2D eigenvalue weighted by Crippen LogP contribution is 2.29. The summed E-state index contributed by atoms with van der Waals surface area (Å²) in [6.45, 7) is 4.12. The van der Waals surface area contributed by atoms with Crippen LogP contribution in [0.5, 0.6) is 0 Å². The van der Waals surface area contributed by atoms with Gasteiger partial charge in [0.25, 0.3) is 0 Å². The summed E-state index contributed by atoms with van der Waals surface area (Å²) >= 11 is 0. The summed E-state index contributed by atoms with van der Waals surface area (Å²) in [7, 11) is 0. The average Bonchev–Trinajstić information content (AvgIpc) is 2.90. The van der Waals surface area contributed by atoms with E-state index in [-0.39, 0.29) is 0 Å². The van der Waals surface area contributed by atoms with Crippen molar-refractivity contribution >= 4 is 5.69 Å². The molecule has 0 unspecified atom stereocenters. The number of aromatic nitrogens is 2. The number of fused-ring (bicyclic) bond motifs is 1. The van der Waals surface area contributed by atoms with E-state index in [2.05, 4.69) is 40.0 Å². The normalized spacial score (nSPS) is 14.2. The minimum atomic E-state index is 0.878. The molecule has 0 amide bonds. The molecule has 3 nitrogen and oxygen atoms in total. The first kappa shape index (κ1) is 9.46. The molecule has 0 radical (unpaired) electrons. The smallest absolute Gasteiger partial charge is 0.125 e. The van der Waals surface area contributed by atoms with Gasteiger partial charge in [-0.1, -0.05) is 12.1 Å². The molecule has 3 heteroatoms. The molecule has 2 aromatic rings. The summed E-state index contributed by atoms with van der Waals surface area (Å²) in [6, 6.07) is 6.70. The highest BCUT2D eigenvalue weighted by Gasteiger charge is 2.19. The molecule has 0 aliphatic carbocycles. The van der Waals surface area contributed by atoms with Crippen LogP contribution in [0.3, 0.4) is 0 Å². The summed E-state index contributed by atoms with van der Waals surface area (Å²) in [5.74, 6) is 1.04. The largest absolute Gasteiger partial charge is 0.363 e. The minimum Gasteiger partial charge on any atom is -0.363 e. The zero-order valence-corrected chi connectivity index (χ0v) is 9.40. The lowest BCUT2D eigenvalue weighted by Gasteiger charge is -2.18. The van der Waals surface area contributed by atoms with Crippen molar-refractivity contribution in [2.24, 2.45) is 0 Å². The van der Waals surface area contributed by atoms with Gasteiger partial charge in [0.05, 0.1) is 6.54 Å². The number of nitrogens with one attached hydrogen (secondary N) is 1. The SMILES string of the molecule is Cc1ccc2c(c1)N(Cc1ncc[nH]1)CC2. The van der Waals surface area contributed by atoms with Crippen molar-refractivity contribution in [1.82, 2.24) is 9.97 Å². The number of benzene rings is 1. The molecule has 3 rings (SSSR count). The van der Waals surface area contributed by atoms with Crippen molar-refractivity contribution in [3.63, 3.8) is 0 Å². The van der Waals surface area contributed by atoms with Crippen LogP contribution in [0, 0.1) is 6.92 Å². The van der Waals surface area contributed by atoms with E-state index in [4.69, 9.17) is 0 Å². The summed E-state index contributed by atoms with van der Waals surface area (Å²) in [5.41, 5.74) is 4.15. The first-order chi connectivity index (χ1) is 7.83. The number of hydrogen-bond acceptors (Lipinski definition) is 2. The van der Waals surface area contributed by atoms with Gasteiger partial charge in [-0.15, -0.1) is 0 Å². The molecule has 1 aromatic carbocycles. The van der Waals surface area contributed by atoms with Gasteiger partial charge in [-0.2, -0.15) is 0 Å². The van der Waals surface area contributed by atoms with Gasteiger partial charge in [0.1, 0.15) is 5.82 Å². The number of anilines is 1. The highest BCUT2D eigenvalue weighted by molar-refractivity contribution is 5.59. The molecule has 2 heterocycles. The summed E-state index contributed by atoms with van der Waals surface area (Å²) in [5, 5.41) is 0. The lowest BCUT2D eigenvalue weighted by Crippen LogP contribution is -2.20. The van der Waals surface area contributed by atoms with E-state index < -0.39 is 0 Å². The number of H-pyrrole nitrogens is 1. The van der Waals surface area contributed by atoms with Crippen molar-refractivity contribution in [2.75, 3.05) is 11.4 Å². The van der Waals surface area contributed by atoms with Crippen LogP contribution in [0.2, 0.25) is 0 Å². The van der Waals surface area contributed by atoms with Gasteiger partial charge in [0.2, 0.25) is 0 Å². The Kier molecular flexibility index (Phi) is 2.17. The molecule has 1 aliphatic heterocycles. The van der Waals surface area contributed by atoms with Crippen LogP contribution in [0.1, 0.15) is 17.0 Å². The van der Waals surface area contributed by atoms with E-state index >= 15 is 0 Å². The minimum absolute atomic E-state index is 0.878. The number of imidazole rings is 1. The third kappa shape index (κ3) is 1.58. The van der Waals surface area contributed by atoms with Crippen LogP contribution in [-0.4, -0.2) is 16.5 Å². The Balaban J connectivity index is 1.88. The predicted molar refractivity (Wildman–Crippen MR) is 64.5 cm³/mol. The van der Waals surface area contributed by atoms with Gasteiger partial charge in [-0.25, -0.2) is 4.98 Å². The lowest BCUT2D eigenvalue weighted by molar-refractivity contribution is 0.798. The highest BCUT2D eigenvalue weighted by atomic mass is 15.2. The van der Waals surface area contributed by atoms with E-state index in [9.17, 15) is 0 Å². The monoisotopic (exact) mass is 213 g/mol. The Hall–Kier alpha value is -1.77. The molecule has 1 aromatic heterocycles. The van der Waals surface area contributed by atoms with Gasteiger partial charge in [0.15, 0.2) is 0 Å². The first-order valence-corrected chi connectivity index (χ1v) is 5.66. The Bertz CT molecular complexity index is 488. The fourth-order valence-electron chi connectivity index (χ4n) is 2.28. The number of nitrogens with zero attached hydrogens (tertiary/aromatic N) is 2. The van der Waals surface area contributed by atoms with Crippen molar-refractivity contribution < 1.29 is 0 Å². The predicted octanol–water partition coefficient (Wildman–Crippen LogP) is 2.28. The standard InChI is InChI=1S/C13H15N3/c1-10-2-3-11-4-7-16(12(11)8-10)9-13-14-5-6-15-13/h2-3,5-6,8H,4,7,9H2,1H3,(H,14,15). The zero-order chi connectivity index (χ0) is 11.0. The topological polar surface area (TPSA) is 31.9 Å². The van der Waals surface area contributed by atoms with E-state index in [0.717, 1.165) is 25.3 Å². The molecule has 16 heavy (non-hydrogen) atoms. The molecule has 0 atom stereocenters. The average molecular weight is 213 g/mol. The second kappa shape index (κ2) is 3.67.